The highest BCUT2D eigenvalue weighted by atomic mass is 79.9. The molecule has 0 radical (unpaired) electrons. The molecule has 7 heteroatoms. The van der Waals surface area contributed by atoms with Crippen LogP contribution in [0.3, 0.4) is 0 Å². The van der Waals surface area contributed by atoms with Crippen molar-refractivity contribution in [1.29, 1.82) is 0 Å². The molecule has 100 valence electrons. The van der Waals surface area contributed by atoms with Gasteiger partial charge in [0.25, 0.3) is 0 Å². The Bertz CT molecular complexity index is 606. The van der Waals surface area contributed by atoms with Crippen LogP contribution >= 0.6 is 27.3 Å². The van der Waals surface area contributed by atoms with Crippen LogP contribution in [0.2, 0.25) is 0 Å². The maximum absolute atomic E-state index is 11.6. The Morgan fingerprint density at radius 2 is 2.05 bits per heavy atom. The Kier molecular flexibility index (Phi) is 4.89. The lowest BCUT2D eigenvalue weighted by Crippen LogP contribution is -2.27. The topological polar surface area (TPSA) is 74.0 Å². The Hall–Kier alpha value is -1.44. The van der Waals surface area contributed by atoms with Gasteiger partial charge in [-0.2, -0.15) is 0 Å². The van der Waals surface area contributed by atoms with E-state index in [1.165, 1.54) is 0 Å². The monoisotopic (exact) mass is 341 g/mol. The van der Waals surface area contributed by atoms with Crippen molar-refractivity contribution in [3.05, 3.63) is 49.5 Å². The number of carbonyl (C=O) groups excluding carboxylic acids is 1. The molecular weight excluding hydrogens is 330 g/mol. The zero-order valence-electron chi connectivity index (χ0n) is 9.90. The molecule has 0 atom stereocenters. The number of rotatable bonds is 5. The van der Waals surface area contributed by atoms with Crippen molar-refractivity contribution < 1.29 is 4.79 Å². The van der Waals surface area contributed by atoms with E-state index in [-0.39, 0.29) is 17.3 Å². The second-order valence-corrected chi connectivity index (χ2v) is 5.59. The maximum atomic E-state index is 11.6. The molecule has 0 fully saturated rings. The molecular formula is C12H12BrN3O2S. The van der Waals surface area contributed by atoms with Crippen molar-refractivity contribution in [3.8, 4) is 0 Å². The van der Waals surface area contributed by atoms with E-state index < -0.39 is 0 Å². The van der Waals surface area contributed by atoms with E-state index in [1.807, 2.05) is 24.3 Å². The first kappa shape index (κ1) is 14.0. The molecule has 0 spiro atoms. The number of H-pyrrole nitrogens is 1. The highest BCUT2D eigenvalue weighted by molar-refractivity contribution is 9.10. The number of hydrogen-bond donors (Lipinski definition) is 3. The third kappa shape index (κ3) is 4.62. The van der Waals surface area contributed by atoms with Crippen molar-refractivity contribution in [2.75, 3.05) is 11.9 Å². The molecule has 5 nitrogen and oxygen atoms in total. The Labute approximate surface area is 122 Å². The summed E-state index contributed by atoms with van der Waals surface area (Å²) >= 11 is 4.44. The molecule has 0 aliphatic heterocycles. The number of benzene rings is 1. The lowest BCUT2D eigenvalue weighted by atomic mass is 10.3. The minimum absolute atomic E-state index is 0.0869. The molecule has 1 amide bonds. The van der Waals surface area contributed by atoms with Crippen LogP contribution in [0.1, 0.15) is 5.69 Å². The van der Waals surface area contributed by atoms with Gasteiger partial charge in [-0.15, -0.1) is 0 Å². The summed E-state index contributed by atoms with van der Waals surface area (Å²) in [6.45, 7) is 0.653. The molecule has 0 aliphatic carbocycles. The fourth-order valence-corrected chi connectivity index (χ4v) is 2.30. The smallest absolute Gasteiger partial charge is 0.304 e. The molecule has 0 aliphatic rings. The Morgan fingerprint density at radius 3 is 2.68 bits per heavy atom. The van der Waals surface area contributed by atoms with E-state index in [1.54, 1.807) is 5.38 Å². The molecule has 0 bridgehead atoms. The molecule has 19 heavy (non-hydrogen) atoms. The largest absolute Gasteiger partial charge is 0.325 e. The van der Waals surface area contributed by atoms with E-state index in [9.17, 15) is 9.59 Å². The lowest BCUT2D eigenvalue weighted by molar-refractivity contribution is -0.115. The van der Waals surface area contributed by atoms with Crippen molar-refractivity contribution in [1.82, 2.24) is 10.3 Å². The van der Waals surface area contributed by atoms with E-state index >= 15 is 0 Å². The fourth-order valence-electron chi connectivity index (χ4n) is 1.45. The normalized spacial score (nSPS) is 10.4. The molecule has 1 aromatic heterocycles. The summed E-state index contributed by atoms with van der Waals surface area (Å²) in [6, 6.07) is 7.36. The van der Waals surface area contributed by atoms with Crippen LogP contribution in [0, 0.1) is 0 Å². The van der Waals surface area contributed by atoms with Gasteiger partial charge in [-0.3, -0.25) is 9.59 Å². The summed E-state index contributed by atoms with van der Waals surface area (Å²) in [5, 5.41) is 7.47. The number of thiazole rings is 1. The average molecular weight is 342 g/mol. The van der Waals surface area contributed by atoms with E-state index in [4.69, 9.17) is 0 Å². The van der Waals surface area contributed by atoms with Gasteiger partial charge >= 0.3 is 4.87 Å². The molecule has 2 aromatic rings. The van der Waals surface area contributed by atoms with Gasteiger partial charge in [-0.1, -0.05) is 27.3 Å². The van der Waals surface area contributed by atoms with E-state index in [0.29, 0.717) is 6.54 Å². The lowest BCUT2D eigenvalue weighted by Gasteiger charge is -2.06. The van der Waals surface area contributed by atoms with E-state index in [0.717, 1.165) is 27.2 Å². The second-order valence-electron chi connectivity index (χ2n) is 3.83. The molecule has 1 heterocycles. The standard InChI is InChI=1S/C12H12BrN3O2S/c13-8-1-3-9(4-2-8)15-11(17)6-14-5-10-7-19-12(18)16-10/h1-4,7,14H,5-6H2,(H,15,17)(H,16,18). The summed E-state index contributed by atoms with van der Waals surface area (Å²) < 4.78 is 0.963. The zero-order chi connectivity index (χ0) is 13.7. The molecule has 0 saturated carbocycles. The van der Waals surface area contributed by atoms with Gasteiger partial charge in [0.2, 0.25) is 5.91 Å². The third-order valence-corrected chi connectivity index (χ3v) is 3.55. The van der Waals surface area contributed by atoms with Gasteiger partial charge < -0.3 is 15.6 Å². The Balaban J connectivity index is 1.75. The number of carbonyl (C=O) groups is 1. The number of hydrogen-bond acceptors (Lipinski definition) is 4. The van der Waals surface area contributed by atoms with Gasteiger partial charge in [0.05, 0.1) is 6.54 Å². The summed E-state index contributed by atoms with van der Waals surface area (Å²) in [7, 11) is 0. The van der Waals surface area contributed by atoms with Gasteiger partial charge in [0.15, 0.2) is 0 Å². The number of aromatic nitrogens is 1. The molecule has 2 rings (SSSR count). The van der Waals surface area contributed by atoms with Gasteiger partial charge in [0, 0.05) is 27.8 Å². The number of amides is 1. The summed E-state index contributed by atoms with van der Waals surface area (Å²) in [5.74, 6) is -0.125. The van der Waals surface area contributed by atoms with Gasteiger partial charge in [-0.25, -0.2) is 0 Å². The minimum atomic E-state index is -0.125. The van der Waals surface area contributed by atoms with Crippen LogP contribution in [0.25, 0.3) is 0 Å². The SMILES string of the molecule is O=C(CNCc1csc(=O)[nH]1)Nc1ccc(Br)cc1. The van der Waals surface area contributed by atoms with Crippen molar-refractivity contribution in [3.63, 3.8) is 0 Å². The molecule has 0 saturated heterocycles. The van der Waals surface area contributed by atoms with Gasteiger partial charge in [-0.05, 0) is 24.3 Å². The predicted octanol–water partition coefficient (Wildman–Crippen LogP) is 1.93. The van der Waals surface area contributed by atoms with E-state index in [2.05, 4.69) is 31.5 Å². The van der Waals surface area contributed by atoms with Crippen molar-refractivity contribution in [2.45, 2.75) is 6.54 Å². The van der Waals surface area contributed by atoms with Crippen LogP contribution in [0.15, 0.2) is 38.9 Å². The number of halogens is 1. The highest BCUT2D eigenvalue weighted by Gasteiger charge is 2.02. The van der Waals surface area contributed by atoms with Gasteiger partial charge in [0.1, 0.15) is 0 Å². The van der Waals surface area contributed by atoms with Crippen LogP contribution in [0.4, 0.5) is 5.69 Å². The highest BCUT2D eigenvalue weighted by Crippen LogP contribution is 2.13. The average Bonchev–Trinajstić information content (AvgIpc) is 2.78. The van der Waals surface area contributed by atoms with Crippen LogP contribution in [-0.2, 0) is 11.3 Å². The van der Waals surface area contributed by atoms with Crippen LogP contribution in [0.5, 0.6) is 0 Å². The van der Waals surface area contributed by atoms with Crippen molar-refractivity contribution >= 4 is 38.9 Å². The minimum Gasteiger partial charge on any atom is -0.325 e. The first-order valence-electron chi connectivity index (χ1n) is 5.56. The first-order valence-corrected chi connectivity index (χ1v) is 7.23. The number of aromatic amines is 1. The predicted molar refractivity (Wildman–Crippen MR) is 79.4 cm³/mol. The van der Waals surface area contributed by atoms with Crippen molar-refractivity contribution in [2.24, 2.45) is 0 Å². The zero-order valence-corrected chi connectivity index (χ0v) is 12.3. The quantitative estimate of drug-likeness (QED) is 0.777. The summed E-state index contributed by atoms with van der Waals surface area (Å²) in [4.78, 5) is 25.1. The van der Waals surface area contributed by atoms with Crippen LogP contribution in [-0.4, -0.2) is 17.4 Å². The number of nitrogens with one attached hydrogen (secondary N) is 3. The molecule has 0 unspecified atom stereocenters. The molecule has 3 N–H and O–H groups in total. The second kappa shape index (κ2) is 6.65. The maximum Gasteiger partial charge on any atom is 0.304 e. The number of anilines is 1. The third-order valence-electron chi connectivity index (χ3n) is 2.30. The van der Waals surface area contributed by atoms with Crippen LogP contribution < -0.4 is 15.5 Å². The fraction of sp³-hybridized carbons (Fsp3) is 0.167. The summed E-state index contributed by atoms with van der Waals surface area (Å²) in [5.41, 5.74) is 1.53. The molecule has 1 aromatic carbocycles. The summed E-state index contributed by atoms with van der Waals surface area (Å²) in [6.07, 6.45) is 0. The Morgan fingerprint density at radius 1 is 1.32 bits per heavy atom. The first-order chi connectivity index (χ1) is 9.13.